The zero-order valence-electron chi connectivity index (χ0n) is 9.91. The number of carbonyl (C=O) groups excluding carboxylic acids is 1. The first-order valence-corrected chi connectivity index (χ1v) is 6.21. The second-order valence-electron chi connectivity index (χ2n) is 3.98. The lowest BCUT2D eigenvalue weighted by atomic mass is 10.1. The molecule has 0 aromatic carbocycles. The molecule has 1 aliphatic rings. The van der Waals surface area contributed by atoms with Crippen LogP contribution in [-0.4, -0.2) is 32.5 Å². The molecule has 7 nitrogen and oxygen atoms in total. The molecule has 1 aromatic heterocycles. The minimum atomic E-state index is -1.68. The number of rotatable bonds is 2. The van der Waals surface area contributed by atoms with Crippen LogP contribution in [0, 0.1) is 0 Å². The number of ether oxygens (including phenoxy) is 1. The second-order valence-corrected chi connectivity index (χ2v) is 5.05. The van der Waals surface area contributed by atoms with Crippen molar-refractivity contribution in [1.29, 1.82) is 0 Å². The van der Waals surface area contributed by atoms with Gasteiger partial charge in [-0.3, -0.25) is 14.2 Å². The molecular formula is C10H13N3O4S. The van der Waals surface area contributed by atoms with Gasteiger partial charge in [-0.15, -0.1) is 0 Å². The van der Waals surface area contributed by atoms with E-state index in [1.165, 1.54) is 6.92 Å². The van der Waals surface area contributed by atoms with Crippen molar-refractivity contribution < 1.29 is 14.6 Å². The summed E-state index contributed by atoms with van der Waals surface area (Å²) in [5, 5.41) is 9.62. The average molecular weight is 271 g/mol. The zero-order chi connectivity index (χ0) is 13.5. The van der Waals surface area contributed by atoms with Crippen molar-refractivity contribution in [3.63, 3.8) is 0 Å². The summed E-state index contributed by atoms with van der Waals surface area (Å²) in [6.45, 7) is 3.24. The average Bonchev–Trinajstić information content (AvgIpc) is 2.50. The first-order chi connectivity index (χ1) is 8.37. The Morgan fingerprint density at radius 2 is 2.44 bits per heavy atom. The molecule has 2 rings (SSSR count). The summed E-state index contributed by atoms with van der Waals surface area (Å²) < 4.78 is 5.92. The lowest BCUT2D eigenvalue weighted by Gasteiger charge is -2.24. The molecule has 0 bridgehead atoms. The molecule has 2 atom stereocenters. The minimum Gasteiger partial charge on any atom is -0.465 e. The van der Waals surface area contributed by atoms with Gasteiger partial charge in [0, 0.05) is 6.07 Å². The topological polar surface area (TPSA) is 107 Å². The van der Waals surface area contributed by atoms with Crippen molar-refractivity contribution in [3.05, 3.63) is 16.4 Å². The van der Waals surface area contributed by atoms with Crippen molar-refractivity contribution in [2.75, 3.05) is 12.3 Å². The maximum atomic E-state index is 11.8. The van der Waals surface area contributed by atoms with E-state index in [1.807, 2.05) is 0 Å². The molecule has 0 saturated carbocycles. The first-order valence-electron chi connectivity index (χ1n) is 5.33. The van der Waals surface area contributed by atoms with E-state index in [0.29, 0.717) is 0 Å². The fraction of sp³-hybridized carbons (Fsp3) is 0.500. The predicted molar refractivity (Wildman–Crippen MR) is 65.1 cm³/mol. The SMILES string of the molecule is CCOC(=O)C1Sc2nc(N)cc(=O)n2C1(C)O. The van der Waals surface area contributed by atoms with E-state index in [-0.39, 0.29) is 17.6 Å². The smallest absolute Gasteiger partial charge is 0.324 e. The van der Waals surface area contributed by atoms with Gasteiger partial charge in [0.05, 0.1) is 6.61 Å². The Kier molecular flexibility index (Phi) is 3.07. The van der Waals surface area contributed by atoms with Crippen LogP contribution in [-0.2, 0) is 15.3 Å². The van der Waals surface area contributed by atoms with Gasteiger partial charge >= 0.3 is 5.97 Å². The summed E-state index contributed by atoms with van der Waals surface area (Å²) >= 11 is 0.967. The quantitative estimate of drug-likeness (QED) is 0.553. The van der Waals surface area contributed by atoms with Crippen molar-refractivity contribution >= 4 is 23.5 Å². The molecule has 1 aliphatic heterocycles. The van der Waals surface area contributed by atoms with Gasteiger partial charge in [-0.1, -0.05) is 11.8 Å². The van der Waals surface area contributed by atoms with Gasteiger partial charge in [0.2, 0.25) is 0 Å². The molecular weight excluding hydrogens is 258 g/mol. The maximum absolute atomic E-state index is 11.8. The number of nitrogens with two attached hydrogens (primary N) is 1. The van der Waals surface area contributed by atoms with Crippen LogP contribution in [0.4, 0.5) is 5.82 Å². The van der Waals surface area contributed by atoms with Crippen LogP contribution in [0.1, 0.15) is 13.8 Å². The molecule has 0 fully saturated rings. The van der Waals surface area contributed by atoms with Crippen molar-refractivity contribution in [1.82, 2.24) is 9.55 Å². The number of esters is 1. The Balaban J connectivity index is 2.48. The summed E-state index contributed by atoms with van der Waals surface area (Å²) in [4.78, 5) is 27.5. The normalized spacial score (nSPS) is 25.8. The molecule has 3 N–H and O–H groups in total. The number of fused-ring (bicyclic) bond motifs is 1. The van der Waals surface area contributed by atoms with Crippen molar-refractivity contribution in [3.8, 4) is 0 Å². The number of hydrogen-bond donors (Lipinski definition) is 2. The third kappa shape index (κ3) is 1.87. The molecule has 98 valence electrons. The Morgan fingerprint density at radius 3 is 3.06 bits per heavy atom. The Hall–Kier alpha value is -1.54. The monoisotopic (exact) mass is 271 g/mol. The molecule has 2 unspecified atom stereocenters. The number of aromatic nitrogens is 2. The summed E-state index contributed by atoms with van der Waals surface area (Å²) in [6, 6.07) is 1.10. The number of hydrogen-bond acceptors (Lipinski definition) is 7. The largest absolute Gasteiger partial charge is 0.465 e. The van der Waals surface area contributed by atoms with Gasteiger partial charge in [0.15, 0.2) is 16.1 Å². The van der Waals surface area contributed by atoms with Crippen LogP contribution < -0.4 is 11.3 Å². The van der Waals surface area contributed by atoms with Gasteiger partial charge in [0.25, 0.3) is 5.56 Å². The van der Waals surface area contributed by atoms with Gasteiger partial charge in [-0.2, -0.15) is 0 Å². The number of carbonyl (C=O) groups is 1. The highest BCUT2D eigenvalue weighted by molar-refractivity contribution is 8.00. The first kappa shape index (κ1) is 12.9. The molecule has 0 aliphatic carbocycles. The van der Waals surface area contributed by atoms with E-state index >= 15 is 0 Å². The number of thioether (sulfide) groups is 1. The third-order valence-electron chi connectivity index (χ3n) is 2.58. The summed E-state index contributed by atoms with van der Waals surface area (Å²) in [7, 11) is 0. The standard InChI is InChI=1S/C10H13N3O4S/c1-3-17-8(15)7-10(2,16)13-6(14)4-5(11)12-9(13)18-7/h4,7,16H,3,11H2,1-2H3. The molecule has 2 heterocycles. The third-order valence-corrected chi connectivity index (χ3v) is 3.94. The van der Waals surface area contributed by atoms with Crippen LogP contribution in [0.5, 0.6) is 0 Å². The highest BCUT2D eigenvalue weighted by atomic mass is 32.2. The number of nitrogens with zero attached hydrogens (tertiary/aromatic N) is 2. The van der Waals surface area contributed by atoms with Gasteiger partial charge in [-0.05, 0) is 13.8 Å². The number of anilines is 1. The summed E-state index contributed by atoms with van der Waals surface area (Å²) in [6.07, 6.45) is 0. The van der Waals surface area contributed by atoms with E-state index in [1.54, 1.807) is 6.92 Å². The Bertz CT molecular complexity index is 555. The maximum Gasteiger partial charge on any atom is 0.324 e. The lowest BCUT2D eigenvalue weighted by molar-refractivity contribution is -0.150. The summed E-state index contributed by atoms with van der Waals surface area (Å²) in [5.41, 5.74) is 3.29. The molecule has 0 saturated heterocycles. The predicted octanol–water partition coefficient (Wildman–Crippen LogP) is -0.472. The summed E-state index contributed by atoms with van der Waals surface area (Å²) in [5.74, 6) is -0.532. The van der Waals surface area contributed by atoms with Gasteiger partial charge < -0.3 is 15.6 Å². The molecule has 0 amide bonds. The van der Waals surface area contributed by atoms with E-state index in [9.17, 15) is 14.7 Å². The lowest BCUT2D eigenvalue weighted by Crippen LogP contribution is -2.46. The van der Waals surface area contributed by atoms with E-state index in [0.717, 1.165) is 22.4 Å². The fourth-order valence-electron chi connectivity index (χ4n) is 1.80. The van der Waals surface area contributed by atoms with Crippen LogP contribution in [0.2, 0.25) is 0 Å². The van der Waals surface area contributed by atoms with E-state index < -0.39 is 22.5 Å². The fourth-order valence-corrected chi connectivity index (χ4v) is 3.04. The number of aliphatic hydroxyl groups is 1. The van der Waals surface area contributed by atoms with E-state index in [4.69, 9.17) is 10.5 Å². The molecule has 0 spiro atoms. The molecule has 8 heteroatoms. The molecule has 0 radical (unpaired) electrons. The van der Waals surface area contributed by atoms with E-state index in [2.05, 4.69) is 4.98 Å². The Labute approximate surface area is 107 Å². The van der Waals surface area contributed by atoms with Crippen LogP contribution in [0.3, 0.4) is 0 Å². The van der Waals surface area contributed by atoms with Crippen LogP contribution in [0.25, 0.3) is 0 Å². The highest BCUT2D eigenvalue weighted by Crippen LogP contribution is 2.40. The minimum absolute atomic E-state index is 0.0547. The van der Waals surface area contributed by atoms with Gasteiger partial charge in [-0.25, -0.2) is 4.98 Å². The molecule has 1 aromatic rings. The van der Waals surface area contributed by atoms with Crippen LogP contribution in [0.15, 0.2) is 16.0 Å². The second kappa shape index (κ2) is 4.29. The number of nitrogen functional groups attached to an aromatic ring is 1. The highest BCUT2D eigenvalue weighted by Gasteiger charge is 2.49. The Morgan fingerprint density at radius 1 is 1.78 bits per heavy atom. The van der Waals surface area contributed by atoms with Crippen molar-refractivity contribution in [2.24, 2.45) is 0 Å². The van der Waals surface area contributed by atoms with Crippen LogP contribution >= 0.6 is 11.8 Å². The van der Waals surface area contributed by atoms with Crippen molar-refractivity contribution in [2.45, 2.75) is 30.0 Å². The van der Waals surface area contributed by atoms with Gasteiger partial charge in [0.1, 0.15) is 5.82 Å². The zero-order valence-corrected chi connectivity index (χ0v) is 10.7. The molecule has 18 heavy (non-hydrogen) atoms.